The van der Waals surface area contributed by atoms with Gasteiger partial charge in [0.25, 0.3) is 0 Å². The fourth-order valence-electron chi connectivity index (χ4n) is 4.49. The average Bonchev–Trinajstić information content (AvgIpc) is 3.07. The predicted octanol–water partition coefficient (Wildman–Crippen LogP) is -5.65. The molecule has 0 saturated carbocycles. The molecular weight excluding hydrogens is 680 g/mol. The fraction of sp³-hybridized carbons (Fsp3) is 0.483. The lowest BCUT2D eigenvalue weighted by Crippen LogP contribution is -2.60. The van der Waals surface area contributed by atoms with Crippen molar-refractivity contribution < 1.29 is 48.6 Å². The molecule has 0 spiro atoms. The van der Waals surface area contributed by atoms with E-state index in [-0.39, 0.29) is 37.5 Å². The minimum absolute atomic E-state index is 0.0182. The van der Waals surface area contributed by atoms with Crippen molar-refractivity contribution in [3.63, 3.8) is 0 Å². The number of nitrogens with one attached hydrogen (secondary N) is 7. The molecular formula is C29H42N10O10S. The van der Waals surface area contributed by atoms with Crippen LogP contribution in [0.3, 0.4) is 0 Å². The maximum atomic E-state index is 13.4. The largest absolute Gasteiger partial charge is 0.481 e. The summed E-state index contributed by atoms with van der Waals surface area (Å²) in [5.74, 6) is -8.52. The molecule has 0 aromatic heterocycles. The van der Waals surface area contributed by atoms with Crippen molar-refractivity contribution in [2.75, 3.05) is 32.0 Å². The second-order valence-electron chi connectivity index (χ2n) is 11.0. The normalized spacial score (nSPS) is 23.3. The summed E-state index contributed by atoms with van der Waals surface area (Å²) < 4.78 is 0. The van der Waals surface area contributed by atoms with Crippen molar-refractivity contribution in [3.05, 3.63) is 35.9 Å². The van der Waals surface area contributed by atoms with E-state index in [9.17, 15) is 48.6 Å². The van der Waals surface area contributed by atoms with Gasteiger partial charge in [-0.15, -0.1) is 0 Å². The molecule has 21 heteroatoms. The molecule has 13 N–H and O–H groups in total. The molecule has 20 nitrogen and oxygen atoms in total. The van der Waals surface area contributed by atoms with Gasteiger partial charge in [-0.25, -0.2) is 0 Å². The number of carbonyl (C=O) groups is 8. The summed E-state index contributed by atoms with van der Waals surface area (Å²) in [6.45, 7) is -2.30. The first-order valence-corrected chi connectivity index (χ1v) is 15.9. The number of rotatable bonds is 10. The molecule has 274 valence electrons. The van der Waals surface area contributed by atoms with Crippen LogP contribution < -0.4 is 48.7 Å². The summed E-state index contributed by atoms with van der Waals surface area (Å²) in [7, 11) is 0. The van der Waals surface area contributed by atoms with Crippen LogP contribution in [0.2, 0.25) is 0 Å². The number of benzene rings is 1. The molecule has 1 fully saturated rings. The van der Waals surface area contributed by atoms with Crippen LogP contribution in [-0.2, 0) is 44.8 Å². The van der Waals surface area contributed by atoms with Gasteiger partial charge in [0, 0.05) is 18.7 Å². The zero-order valence-corrected chi connectivity index (χ0v) is 27.7. The number of carbonyl (C=O) groups excluding carboxylic acids is 7. The number of hydrogen-bond acceptors (Lipinski definition) is 11. The van der Waals surface area contributed by atoms with Crippen LogP contribution >= 0.6 is 12.6 Å². The molecule has 7 amide bonds. The Morgan fingerprint density at radius 1 is 0.740 bits per heavy atom. The Balaban J connectivity index is 2.43. The summed E-state index contributed by atoms with van der Waals surface area (Å²) >= 11 is 4.12. The molecule has 1 heterocycles. The lowest BCUT2D eigenvalue weighted by atomic mass is 10.0. The van der Waals surface area contributed by atoms with Crippen LogP contribution in [0.5, 0.6) is 0 Å². The summed E-state index contributed by atoms with van der Waals surface area (Å²) in [5.41, 5.74) is 11.2. The Morgan fingerprint density at radius 2 is 1.26 bits per heavy atom. The smallest absolute Gasteiger partial charge is 0.305 e. The van der Waals surface area contributed by atoms with Crippen LogP contribution in [0.25, 0.3) is 0 Å². The lowest BCUT2D eigenvalue weighted by Gasteiger charge is -2.25. The Morgan fingerprint density at radius 3 is 1.82 bits per heavy atom. The summed E-state index contributed by atoms with van der Waals surface area (Å²) in [6, 6.07) is 1.02. The molecule has 2 rings (SSSR count). The van der Waals surface area contributed by atoms with E-state index >= 15 is 0 Å². The number of carboxylic acids is 1. The van der Waals surface area contributed by atoms with Gasteiger partial charge in [0.05, 0.1) is 26.1 Å². The molecule has 5 atom stereocenters. The van der Waals surface area contributed by atoms with Gasteiger partial charge in [0.1, 0.15) is 30.2 Å². The van der Waals surface area contributed by atoms with Gasteiger partial charge in [-0.3, -0.25) is 43.3 Å². The summed E-state index contributed by atoms with van der Waals surface area (Å²) in [5, 5.41) is 35.5. The molecule has 0 aliphatic carbocycles. The Labute approximate surface area is 291 Å². The topological polar surface area (TPSA) is 326 Å². The lowest BCUT2D eigenvalue weighted by molar-refractivity contribution is -0.141. The second kappa shape index (κ2) is 20.8. The molecule has 50 heavy (non-hydrogen) atoms. The van der Waals surface area contributed by atoms with Crippen LogP contribution in [0.1, 0.15) is 24.8 Å². The first-order valence-electron chi connectivity index (χ1n) is 15.3. The van der Waals surface area contributed by atoms with Gasteiger partial charge in [-0.1, -0.05) is 30.3 Å². The molecule has 1 aromatic rings. The van der Waals surface area contributed by atoms with Gasteiger partial charge in [0.2, 0.25) is 41.4 Å². The van der Waals surface area contributed by atoms with Gasteiger partial charge < -0.3 is 58.9 Å². The highest BCUT2D eigenvalue weighted by molar-refractivity contribution is 7.80. The molecule has 1 aromatic carbocycles. The van der Waals surface area contributed by atoms with Crippen molar-refractivity contribution >= 4 is 65.9 Å². The number of nitrogens with zero attached hydrogens (tertiary/aromatic N) is 1. The first kappa shape index (κ1) is 40.7. The first-order chi connectivity index (χ1) is 23.7. The van der Waals surface area contributed by atoms with Crippen molar-refractivity contribution in [1.82, 2.24) is 37.2 Å². The molecule has 1 aliphatic heterocycles. The number of aliphatic hydroxyl groups is 1. The maximum Gasteiger partial charge on any atom is 0.305 e. The summed E-state index contributed by atoms with van der Waals surface area (Å²) in [4.78, 5) is 106. The van der Waals surface area contributed by atoms with Gasteiger partial charge >= 0.3 is 5.97 Å². The molecule has 1 aliphatic rings. The highest BCUT2D eigenvalue weighted by Gasteiger charge is 2.32. The highest BCUT2D eigenvalue weighted by Crippen LogP contribution is 2.06. The number of thiol groups is 1. The zero-order valence-electron chi connectivity index (χ0n) is 26.8. The number of guanidine groups is 1. The zero-order chi connectivity index (χ0) is 37.2. The van der Waals surface area contributed by atoms with Crippen LogP contribution in [0, 0.1) is 0 Å². The monoisotopic (exact) mass is 722 g/mol. The van der Waals surface area contributed by atoms with E-state index in [2.05, 4.69) is 54.8 Å². The second-order valence-corrected chi connectivity index (χ2v) is 11.3. The molecule has 0 bridgehead atoms. The number of aliphatic carboxylic acids is 1. The van der Waals surface area contributed by atoms with Crippen molar-refractivity contribution in [1.29, 1.82) is 0 Å². The van der Waals surface area contributed by atoms with Gasteiger partial charge in [-0.2, -0.15) is 12.6 Å². The minimum atomic E-state index is -1.76. The standard InChI is InChI=1S/C29H42N10O10S/c30-29(31)32-8-4-7-16-24(45)33-12-22(42)36-18(10-23(43)44)27(48)38-19(13-40)28(49)37-17(9-15-5-2-1-3-6-15)26(47)39-20(14-50)25(46)34-11-21(41)35-16/h1-3,5-6,16-20,40,50H,4,7-14H2,(H,33,45)(H,34,46)(H,35,41)(H,36,42)(H,37,49)(H,38,48)(H,39,47)(H,43,44)(H4,30,31,32)/t16-,17-,18-,19-,20-/m0/s1. The van der Waals surface area contributed by atoms with Crippen molar-refractivity contribution in [2.24, 2.45) is 16.5 Å². The van der Waals surface area contributed by atoms with Crippen LogP contribution in [0.4, 0.5) is 0 Å². The molecule has 1 saturated heterocycles. The van der Waals surface area contributed by atoms with E-state index in [0.717, 1.165) is 0 Å². The van der Waals surface area contributed by atoms with Gasteiger partial charge in [-0.05, 0) is 18.4 Å². The van der Waals surface area contributed by atoms with E-state index < -0.39 is 104 Å². The van der Waals surface area contributed by atoms with Crippen molar-refractivity contribution in [2.45, 2.75) is 55.9 Å². The highest BCUT2D eigenvalue weighted by atomic mass is 32.1. The van der Waals surface area contributed by atoms with E-state index in [0.29, 0.717) is 5.56 Å². The third-order valence-electron chi connectivity index (χ3n) is 7.02. The Kier molecular flexibility index (Phi) is 17.0. The quantitative estimate of drug-likeness (QED) is 0.0466. The van der Waals surface area contributed by atoms with Crippen LogP contribution in [-0.4, -0.2) is 126 Å². The predicted molar refractivity (Wildman–Crippen MR) is 179 cm³/mol. The fourth-order valence-corrected chi connectivity index (χ4v) is 4.75. The molecule has 0 radical (unpaired) electrons. The van der Waals surface area contributed by atoms with Gasteiger partial charge in [0.15, 0.2) is 5.96 Å². The number of aliphatic imine (C=N–C) groups is 1. The number of carboxylic acid groups (broad SMARTS) is 1. The Hall–Kier alpha value is -5.44. The van der Waals surface area contributed by atoms with Crippen molar-refractivity contribution in [3.8, 4) is 0 Å². The SMILES string of the molecule is NC(N)=NCCC[C@@H]1NC(=O)CNC(=O)[C@H](CS)NC(=O)[C@H](Cc2ccccc2)NC(=O)[C@H](CO)NC(=O)[C@H](CC(=O)O)NC(=O)CNC1=O. The third kappa shape index (κ3) is 14.4. The average molecular weight is 723 g/mol. The van der Waals surface area contributed by atoms with Crippen LogP contribution in [0.15, 0.2) is 35.3 Å². The third-order valence-corrected chi connectivity index (χ3v) is 7.39. The number of amides is 7. The maximum absolute atomic E-state index is 13.4. The number of nitrogens with two attached hydrogens (primary N) is 2. The summed E-state index contributed by atoms with van der Waals surface area (Å²) in [6.07, 6.45) is -0.862. The Bertz CT molecular complexity index is 1430. The minimum Gasteiger partial charge on any atom is -0.481 e. The number of aliphatic hydroxyl groups excluding tert-OH is 1. The van der Waals surface area contributed by atoms with E-state index in [1.165, 1.54) is 0 Å². The number of hydrogen-bond donors (Lipinski definition) is 12. The van der Waals surface area contributed by atoms with E-state index in [1.807, 2.05) is 0 Å². The van der Waals surface area contributed by atoms with E-state index in [1.54, 1.807) is 30.3 Å². The molecule has 0 unspecified atom stereocenters. The van der Waals surface area contributed by atoms with E-state index in [4.69, 9.17) is 11.5 Å².